The standard InChI is InChI=1S/C20H22FN3OS/c1-4-14-9-10-17-18(13-14)26-20(22-17)24(12-11-23(2)3)19(25)15-7-5-6-8-16(15)21/h5-10,13H,4,11-12H2,1-3H3/p+1. The van der Waals surface area contributed by atoms with Gasteiger partial charge in [-0.25, -0.2) is 9.37 Å². The van der Waals surface area contributed by atoms with Gasteiger partial charge >= 0.3 is 0 Å². The van der Waals surface area contributed by atoms with Crippen molar-refractivity contribution in [1.82, 2.24) is 4.98 Å². The van der Waals surface area contributed by atoms with E-state index in [-0.39, 0.29) is 11.5 Å². The molecule has 0 bridgehead atoms. The molecule has 0 radical (unpaired) electrons. The zero-order valence-electron chi connectivity index (χ0n) is 15.3. The Balaban J connectivity index is 2.00. The first kappa shape index (κ1) is 18.5. The van der Waals surface area contributed by atoms with Crippen molar-refractivity contribution in [1.29, 1.82) is 0 Å². The normalized spacial score (nSPS) is 11.3. The third kappa shape index (κ3) is 3.92. The number of anilines is 1. The Bertz CT molecular complexity index is 922. The summed E-state index contributed by atoms with van der Waals surface area (Å²) in [5, 5.41) is 0.614. The molecule has 26 heavy (non-hydrogen) atoms. The molecular weight excluding hydrogens is 349 g/mol. The quantitative estimate of drug-likeness (QED) is 0.723. The third-order valence-corrected chi connectivity index (χ3v) is 5.31. The summed E-state index contributed by atoms with van der Waals surface area (Å²) in [6.45, 7) is 3.34. The Kier molecular flexibility index (Phi) is 5.64. The molecule has 1 heterocycles. The van der Waals surface area contributed by atoms with Gasteiger partial charge in [0.25, 0.3) is 5.91 Å². The van der Waals surface area contributed by atoms with Crippen LogP contribution >= 0.6 is 11.3 Å². The Hall–Kier alpha value is -2.31. The maximum Gasteiger partial charge on any atom is 0.263 e. The van der Waals surface area contributed by atoms with Gasteiger partial charge in [0.2, 0.25) is 0 Å². The molecule has 0 unspecified atom stereocenters. The molecule has 0 saturated carbocycles. The van der Waals surface area contributed by atoms with Gasteiger partial charge in [-0.2, -0.15) is 0 Å². The van der Waals surface area contributed by atoms with E-state index >= 15 is 0 Å². The number of nitrogens with zero attached hydrogens (tertiary/aromatic N) is 2. The second-order valence-corrected chi connectivity index (χ2v) is 7.55. The molecule has 136 valence electrons. The molecule has 0 fully saturated rings. The highest BCUT2D eigenvalue weighted by Crippen LogP contribution is 2.30. The Morgan fingerprint density at radius 1 is 1.23 bits per heavy atom. The van der Waals surface area contributed by atoms with Crippen LogP contribution in [-0.4, -0.2) is 38.1 Å². The van der Waals surface area contributed by atoms with Crippen LogP contribution in [0, 0.1) is 5.82 Å². The minimum Gasteiger partial charge on any atom is -0.338 e. The monoisotopic (exact) mass is 372 g/mol. The van der Waals surface area contributed by atoms with Crippen molar-refractivity contribution in [3.63, 3.8) is 0 Å². The minimum atomic E-state index is -0.505. The molecule has 6 heteroatoms. The van der Waals surface area contributed by atoms with E-state index in [1.54, 1.807) is 17.0 Å². The van der Waals surface area contributed by atoms with E-state index in [0.29, 0.717) is 11.7 Å². The molecule has 0 spiro atoms. The smallest absolute Gasteiger partial charge is 0.263 e. The van der Waals surface area contributed by atoms with Crippen LogP contribution < -0.4 is 9.80 Å². The summed E-state index contributed by atoms with van der Waals surface area (Å²) < 4.78 is 15.2. The van der Waals surface area contributed by atoms with Crippen molar-refractivity contribution in [2.24, 2.45) is 0 Å². The topological polar surface area (TPSA) is 37.6 Å². The van der Waals surface area contributed by atoms with E-state index < -0.39 is 5.82 Å². The number of aryl methyl sites for hydroxylation is 1. The van der Waals surface area contributed by atoms with Crippen LogP contribution in [0.2, 0.25) is 0 Å². The summed E-state index contributed by atoms with van der Waals surface area (Å²) in [5.41, 5.74) is 2.18. The van der Waals surface area contributed by atoms with Gasteiger partial charge in [-0.15, -0.1) is 0 Å². The van der Waals surface area contributed by atoms with Gasteiger partial charge in [0.1, 0.15) is 5.82 Å². The van der Waals surface area contributed by atoms with Gasteiger partial charge in [0.05, 0.1) is 43.0 Å². The average Bonchev–Trinajstić information content (AvgIpc) is 3.04. The summed E-state index contributed by atoms with van der Waals surface area (Å²) in [5.74, 6) is -0.854. The van der Waals surface area contributed by atoms with Crippen molar-refractivity contribution in [2.75, 3.05) is 32.1 Å². The number of halogens is 1. The fourth-order valence-electron chi connectivity index (χ4n) is 2.69. The Morgan fingerprint density at radius 2 is 2.00 bits per heavy atom. The lowest BCUT2D eigenvalue weighted by atomic mass is 10.2. The van der Waals surface area contributed by atoms with Crippen LogP contribution in [-0.2, 0) is 6.42 Å². The van der Waals surface area contributed by atoms with Crippen LogP contribution in [0.25, 0.3) is 10.2 Å². The van der Waals surface area contributed by atoms with Gasteiger partial charge in [-0.1, -0.05) is 36.5 Å². The second-order valence-electron chi connectivity index (χ2n) is 6.55. The van der Waals surface area contributed by atoms with Crippen molar-refractivity contribution in [3.8, 4) is 0 Å². The lowest BCUT2D eigenvalue weighted by Gasteiger charge is -2.20. The first-order valence-corrected chi connectivity index (χ1v) is 9.56. The molecule has 1 aromatic heterocycles. The van der Waals surface area contributed by atoms with Crippen molar-refractivity contribution in [3.05, 3.63) is 59.4 Å². The zero-order chi connectivity index (χ0) is 18.7. The number of likely N-dealkylation sites (N-methyl/N-ethyl adjacent to an activating group) is 1. The van der Waals surface area contributed by atoms with Gasteiger partial charge in [0.15, 0.2) is 5.13 Å². The predicted molar refractivity (Wildman–Crippen MR) is 105 cm³/mol. The number of carbonyl (C=O) groups excluding carboxylic acids is 1. The fourth-order valence-corrected chi connectivity index (χ4v) is 3.75. The first-order chi connectivity index (χ1) is 12.5. The number of hydrogen-bond donors (Lipinski definition) is 1. The highest BCUT2D eigenvalue weighted by atomic mass is 32.1. The van der Waals surface area contributed by atoms with E-state index in [1.165, 1.54) is 33.9 Å². The number of carbonyl (C=O) groups is 1. The van der Waals surface area contributed by atoms with Gasteiger partial charge in [-0.05, 0) is 36.2 Å². The number of fused-ring (bicyclic) bond motifs is 1. The second kappa shape index (κ2) is 7.93. The van der Waals surface area contributed by atoms with Crippen molar-refractivity contribution < 1.29 is 14.1 Å². The molecule has 0 aliphatic rings. The number of benzene rings is 2. The lowest BCUT2D eigenvalue weighted by molar-refractivity contribution is -0.856. The molecule has 3 rings (SSSR count). The van der Waals surface area contributed by atoms with E-state index in [9.17, 15) is 9.18 Å². The van der Waals surface area contributed by atoms with Crippen molar-refractivity contribution >= 4 is 32.6 Å². The van der Waals surface area contributed by atoms with Gasteiger partial charge in [0, 0.05) is 0 Å². The number of aromatic nitrogens is 1. The van der Waals surface area contributed by atoms with E-state index in [1.807, 2.05) is 20.2 Å². The molecular formula is C20H23FN3OS+. The molecule has 0 aliphatic carbocycles. The summed E-state index contributed by atoms with van der Waals surface area (Å²) in [4.78, 5) is 20.5. The highest BCUT2D eigenvalue weighted by molar-refractivity contribution is 7.22. The number of nitrogens with one attached hydrogen (secondary N) is 1. The van der Waals surface area contributed by atoms with Crippen LogP contribution in [0.1, 0.15) is 22.8 Å². The van der Waals surface area contributed by atoms with Crippen LogP contribution in [0.4, 0.5) is 9.52 Å². The minimum absolute atomic E-state index is 0.0785. The molecule has 2 aromatic carbocycles. The van der Waals surface area contributed by atoms with Crippen LogP contribution in [0.15, 0.2) is 42.5 Å². The highest BCUT2D eigenvalue weighted by Gasteiger charge is 2.24. The Labute approximate surface area is 156 Å². The van der Waals surface area contributed by atoms with Gasteiger partial charge < -0.3 is 4.90 Å². The SMILES string of the molecule is CCc1ccc2nc(N(CC[NH+](C)C)C(=O)c3ccccc3F)sc2c1. The molecule has 0 atom stereocenters. The van der Waals surface area contributed by atoms with Gasteiger partial charge in [-0.3, -0.25) is 9.69 Å². The number of hydrogen-bond acceptors (Lipinski definition) is 3. The average molecular weight is 372 g/mol. The molecule has 0 saturated heterocycles. The third-order valence-electron chi connectivity index (χ3n) is 4.27. The summed E-state index contributed by atoms with van der Waals surface area (Å²) in [6, 6.07) is 12.3. The lowest BCUT2D eigenvalue weighted by Crippen LogP contribution is -3.06. The predicted octanol–water partition coefficient (Wildman–Crippen LogP) is 2.79. The number of quaternary nitrogens is 1. The molecule has 1 amide bonds. The largest absolute Gasteiger partial charge is 0.338 e. The molecule has 3 aromatic rings. The van der Waals surface area contributed by atoms with Crippen LogP contribution in [0.5, 0.6) is 0 Å². The Morgan fingerprint density at radius 3 is 2.69 bits per heavy atom. The van der Waals surface area contributed by atoms with E-state index in [4.69, 9.17) is 0 Å². The van der Waals surface area contributed by atoms with E-state index in [2.05, 4.69) is 24.0 Å². The summed E-state index contributed by atoms with van der Waals surface area (Å²) in [6.07, 6.45) is 0.949. The maximum atomic E-state index is 14.1. The number of amides is 1. The molecule has 1 N–H and O–H groups in total. The maximum absolute atomic E-state index is 14.1. The molecule has 0 aliphatic heterocycles. The zero-order valence-corrected chi connectivity index (χ0v) is 16.1. The summed E-state index contributed by atoms with van der Waals surface area (Å²) >= 11 is 1.48. The molecule has 4 nitrogen and oxygen atoms in total. The fraction of sp³-hybridized carbons (Fsp3) is 0.300. The number of rotatable bonds is 6. The van der Waals surface area contributed by atoms with Crippen molar-refractivity contribution in [2.45, 2.75) is 13.3 Å². The number of thiazole rings is 1. The summed E-state index contributed by atoms with van der Waals surface area (Å²) in [7, 11) is 4.05. The first-order valence-electron chi connectivity index (χ1n) is 8.74. The van der Waals surface area contributed by atoms with E-state index in [0.717, 1.165) is 23.2 Å². The van der Waals surface area contributed by atoms with Crippen LogP contribution in [0.3, 0.4) is 0 Å².